The number of nitrogens with zero attached hydrogens (tertiary/aromatic N) is 3. The predicted molar refractivity (Wildman–Crippen MR) is 104 cm³/mol. The van der Waals surface area contributed by atoms with E-state index in [9.17, 15) is 0 Å². The van der Waals surface area contributed by atoms with Gasteiger partial charge in [-0.05, 0) is 30.8 Å². The topological polar surface area (TPSA) is 72.7 Å². The van der Waals surface area contributed by atoms with E-state index in [2.05, 4.69) is 51.7 Å². The molecule has 0 amide bonds. The molecule has 0 spiro atoms. The van der Waals surface area contributed by atoms with Crippen LogP contribution in [0, 0.1) is 0 Å². The Morgan fingerprint density at radius 1 is 1.04 bits per heavy atom. The van der Waals surface area contributed by atoms with Crippen LogP contribution in [-0.2, 0) is 6.54 Å². The first-order valence-corrected chi connectivity index (χ1v) is 8.72. The van der Waals surface area contributed by atoms with E-state index in [-0.39, 0.29) is 0 Å². The van der Waals surface area contributed by atoms with Crippen LogP contribution in [0.2, 0.25) is 0 Å². The molecule has 0 saturated heterocycles. The van der Waals surface area contributed by atoms with Crippen molar-refractivity contribution in [2.45, 2.75) is 6.54 Å². The smallest absolute Gasteiger partial charge is 0.321 e. The molecule has 142 valence electrons. The van der Waals surface area contributed by atoms with Crippen LogP contribution < -0.4 is 14.8 Å². The molecule has 1 heterocycles. The van der Waals surface area contributed by atoms with E-state index in [1.807, 2.05) is 24.3 Å². The minimum Gasteiger partial charge on any atom is -0.493 e. The molecule has 0 fully saturated rings. The zero-order valence-electron chi connectivity index (χ0n) is 15.8. The number of nitrogens with one attached hydrogen (secondary N) is 1. The van der Waals surface area contributed by atoms with Gasteiger partial charge in [-0.3, -0.25) is 0 Å². The summed E-state index contributed by atoms with van der Waals surface area (Å²) in [6.07, 6.45) is 0. The minimum absolute atomic E-state index is 0.396. The van der Waals surface area contributed by atoms with Gasteiger partial charge in [0.25, 0.3) is 0 Å². The predicted octanol–water partition coefficient (Wildman–Crippen LogP) is 3.30. The third-order valence-corrected chi connectivity index (χ3v) is 4.13. The van der Waals surface area contributed by atoms with Crippen molar-refractivity contribution >= 4 is 6.01 Å². The summed E-state index contributed by atoms with van der Waals surface area (Å²) in [5.74, 6) is 1.78. The lowest BCUT2D eigenvalue weighted by Crippen LogP contribution is -2.24. The second kappa shape index (κ2) is 9.05. The van der Waals surface area contributed by atoms with Crippen LogP contribution in [0.5, 0.6) is 11.5 Å². The van der Waals surface area contributed by atoms with E-state index in [1.54, 1.807) is 14.2 Å². The summed E-state index contributed by atoms with van der Waals surface area (Å²) >= 11 is 0. The Labute approximate surface area is 158 Å². The third-order valence-electron chi connectivity index (χ3n) is 4.13. The Kier molecular flexibility index (Phi) is 6.27. The van der Waals surface area contributed by atoms with E-state index in [4.69, 9.17) is 14.0 Å². The van der Waals surface area contributed by atoms with E-state index in [0.717, 1.165) is 18.7 Å². The zero-order valence-corrected chi connectivity index (χ0v) is 15.8. The Balaban J connectivity index is 1.54. The lowest BCUT2D eigenvalue weighted by atomic mass is 10.2. The molecular formula is C20H24N4O3. The quantitative estimate of drug-likeness (QED) is 0.621. The zero-order chi connectivity index (χ0) is 19.1. The molecule has 0 saturated carbocycles. The largest absolute Gasteiger partial charge is 0.493 e. The van der Waals surface area contributed by atoms with Crippen LogP contribution >= 0.6 is 0 Å². The molecule has 0 bridgehead atoms. The van der Waals surface area contributed by atoms with Crippen molar-refractivity contribution in [1.29, 1.82) is 0 Å². The normalized spacial score (nSPS) is 10.8. The fourth-order valence-electron chi connectivity index (χ4n) is 2.72. The maximum atomic E-state index is 5.31. The van der Waals surface area contributed by atoms with Gasteiger partial charge < -0.3 is 24.2 Å². The highest BCUT2D eigenvalue weighted by molar-refractivity contribution is 5.61. The molecular weight excluding hydrogens is 344 g/mol. The fraction of sp³-hybridized carbons (Fsp3) is 0.300. The van der Waals surface area contributed by atoms with Crippen molar-refractivity contribution in [2.24, 2.45) is 0 Å². The number of anilines is 1. The Bertz CT molecular complexity index is 851. The van der Waals surface area contributed by atoms with Crippen LogP contribution in [0.4, 0.5) is 6.01 Å². The summed E-state index contributed by atoms with van der Waals surface area (Å²) in [6, 6.07) is 16.3. The van der Waals surface area contributed by atoms with Gasteiger partial charge in [-0.25, -0.2) is 0 Å². The molecule has 0 aliphatic heterocycles. The molecule has 1 N–H and O–H groups in total. The standard InChI is InChI=1S/C20H24N4O3/c1-24(14-15-7-5-4-6-8-15)12-11-21-20-22-19(23-27-20)16-9-10-17(25-2)18(13-16)26-3/h4-10,13H,11-12,14H2,1-3H3,(H,21,22,23). The van der Waals surface area contributed by atoms with Crippen LogP contribution in [0.1, 0.15) is 5.56 Å². The average Bonchev–Trinajstić information content (AvgIpc) is 3.17. The van der Waals surface area contributed by atoms with E-state index in [1.165, 1.54) is 5.56 Å². The lowest BCUT2D eigenvalue weighted by molar-refractivity contribution is 0.337. The first kappa shape index (κ1) is 18.7. The van der Waals surface area contributed by atoms with Crippen LogP contribution in [-0.4, -0.2) is 49.4 Å². The molecule has 0 aliphatic rings. The van der Waals surface area contributed by atoms with Gasteiger partial charge in [0.1, 0.15) is 0 Å². The van der Waals surface area contributed by atoms with Crippen molar-refractivity contribution in [3.63, 3.8) is 0 Å². The number of hydrogen-bond donors (Lipinski definition) is 1. The van der Waals surface area contributed by atoms with Crippen LogP contribution in [0.3, 0.4) is 0 Å². The van der Waals surface area contributed by atoms with E-state index < -0.39 is 0 Å². The van der Waals surface area contributed by atoms with Crippen molar-refractivity contribution in [3.05, 3.63) is 54.1 Å². The minimum atomic E-state index is 0.396. The van der Waals surface area contributed by atoms with E-state index >= 15 is 0 Å². The summed E-state index contributed by atoms with van der Waals surface area (Å²) in [7, 11) is 5.27. The molecule has 1 aromatic heterocycles. The summed E-state index contributed by atoms with van der Waals surface area (Å²) in [5.41, 5.74) is 2.08. The molecule has 0 atom stereocenters. The van der Waals surface area contributed by atoms with Gasteiger partial charge in [0.15, 0.2) is 11.5 Å². The first-order chi connectivity index (χ1) is 13.2. The number of ether oxygens (including phenoxy) is 2. The van der Waals surface area contributed by atoms with Crippen molar-refractivity contribution in [3.8, 4) is 22.9 Å². The number of hydrogen-bond acceptors (Lipinski definition) is 7. The first-order valence-electron chi connectivity index (χ1n) is 8.72. The van der Waals surface area contributed by atoms with Gasteiger partial charge in [-0.1, -0.05) is 35.5 Å². The molecule has 0 radical (unpaired) electrons. The molecule has 7 nitrogen and oxygen atoms in total. The molecule has 27 heavy (non-hydrogen) atoms. The summed E-state index contributed by atoms with van der Waals surface area (Å²) in [6.45, 7) is 2.45. The lowest BCUT2D eigenvalue weighted by Gasteiger charge is -2.16. The Morgan fingerprint density at radius 2 is 1.81 bits per heavy atom. The Hall–Kier alpha value is -3.06. The summed E-state index contributed by atoms with van der Waals surface area (Å²) < 4.78 is 15.8. The second-order valence-corrected chi connectivity index (χ2v) is 6.14. The number of methoxy groups -OCH3 is 2. The maximum absolute atomic E-state index is 5.31. The van der Waals surface area contributed by atoms with Crippen molar-refractivity contribution in [2.75, 3.05) is 39.7 Å². The molecule has 2 aromatic carbocycles. The SMILES string of the molecule is COc1ccc(-c2noc(NCCN(C)Cc3ccccc3)n2)cc1OC. The van der Waals surface area contributed by atoms with Crippen molar-refractivity contribution in [1.82, 2.24) is 15.0 Å². The highest BCUT2D eigenvalue weighted by Gasteiger charge is 2.12. The molecule has 3 rings (SSSR count). The molecule has 3 aromatic rings. The Morgan fingerprint density at radius 3 is 2.56 bits per heavy atom. The fourth-order valence-corrected chi connectivity index (χ4v) is 2.72. The van der Waals surface area contributed by atoms with Gasteiger partial charge in [0.2, 0.25) is 5.82 Å². The summed E-state index contributed by atoms with van der Waals surface area (Å²) in [5, 5.41) is 7.19. The average molecular weight is 368 g/mol. The maximum Gasteiger partial charge on any atom is 0.321 e. The number of rotatable bonds is 9. The molecule has 0 aliphatic carbocycles. The molecule has 0 unspecified atom stereocenters. The number of aromatic nitrogens is 2. The molecule has 7 heteroatoms. The van der Waals surface area contributed by atoms with Gasteiger partial charge in [0.05, 0.1) is 14.2 Å². The monoisotopic (exact) mass is 368 g/mol. The highest BCUT2D eigenvalue weighted by Crippen LogP contribution is 2.31. The summed E-state index contributed by atoms with van der Waals surface area (Å²) in [4.78, 5) is 6.62. The van der Waals surface area contributed by atoms with E-state index in [0.29, 0.717) is 29.9 Å². The highest BCUT2D eigenvalue weighted by atomic mass is 16.5. The van der Waals surface area contributed by atoms with Gasteiger partial charge in [-0.2, -0.15) is 4.98 Å². The van der Waals surface area contributed by atoms with Crippen LogP contribution in [0.15, 0.2) is 53.1 Å². The number of likely N-dealkylation sites (N-methyl/N-ethyl adjacent to an activating group) is 1. The third kappa shape index (κ3) is 4.98. The number of benzene rings is 2. The van der Waals surface area contributed by atoms with Gasteiger partial charge in [0, 0.05) is 25.2 Å². The van der Waals surface area contributed by atoms with Crippen molar-refractivity contribution < 1.29 is 14.0 Å². The van der Waals surface area contributed by atoms with Crippen LogP contribution in [0.25, 0.3) is 11.4 Å². The van der Waals surface area contributed by atoms with Gasteiger partial charge in [-0.15, -0.1) is 0 Å². The second-order valence-electron chi connectivity index (χ2n) is 6.14. The van der Waals surface area contributed by atoms with Gasteiger partial charge >= 0.3 is 6.01 Å².